The molecule has 0 spiro atoms. The molecular formula is C16H17Cl2N3. The Morgan fingerprint density at radius 2 is 1.90 bits per heavy atom. The first-order valence-electron chi connectivity index (χ1n) is 7.12. The van der Waals surface area contributed by atoms with E-state index in [1.165, 1.54) is 12.8 Å². The summed E-state index contributed by atoms with van der Waals surface area (Å²) in [6.45, 7) is 2.85. The first-order chi connectivity index (χ1) is 10.2. The summed E-state index contributed by atoms with van der Waals surface area (Å²) in [5, 5.41) is 4.51. The van der Waals surface area contributed by atoms with Crippen LogP contribution in [0.3, 0.4) is 0 Å². The molecule has 1 N–H and O–H groups in total. The molecule has 5 heteroatoms. The van der Waals surface area contributed by atoms with Gasteiger partial charge in [-0.05, 0) is 36.6 Å². The molecule has 0 saturated carbocycles. The Morgan fingerprint density at radius 3 is 2.62 bits per heavy atom. The van der Waals surface area contributed by atoms with Crippen LogP contribution in [-0.2, 0) is 6.54 Å². The van der Waals surface area contributed by atoms with Gasteiger partial charge in [0.05, 0.1) is 21.9 Å². The van der Waals surface area contributed by atoms with Gasteiger partial charge in [0, 0.05) is 19.6 Å². The molecule has 3 rings (SSSR count). The van der Waals surface area contributed by atoms with Crippen molar-refractivity contribution in [2.24, 2.45) is 0 Å². The van der Waals surface area contributed by atoms with Crippen LogP contribution in [0.2, 0.25) is 10.0 Å². The number of anilines is 2. The van der Waals surface area contributed by atoms with E-state index in [4.69, 9.17) is 23.2 Å². The third-order valence-corrected chi connectivity index (χ3v) is 4.55. The van der Waals surface area contributed by atoms with Gasteiger partial charge in [-0.1, -0.05) is 35.3 Å². The fraction of sp³-hybridized carbons (Fsp3) is 0.312. The quantitative estimate of drug-likeness (QED) is 0.891. The molecule has 1 saturated heterocycles. The van der Waals surface area contributed by atoms with Gasteiger partial charge in [-0.3, -0.25) is 0 Å². The molecule has 110 valence electrons. The van der Waals surface area contributed by atoms with E-state index in [0.717, 1.165) is 30.2 Å². The zero-order valence-corrected chi connectivity index (χ0v) is 13.2. The van der Waals surface area contributed by atoms with Crippen LogP contribution in [0.5, 0.6) is 0 Å². The predicted molar refractivity (Wildman–Crippen MR) is 89.5 cm³/mol. The lowest BCUT2D eigenvalue weighted by atomic mass is 10.2. The van der Waals surface area contributed by atoms with Crippen molar-refractivity contribution in [2.45, 2.75) is 19.4 Å². The van der Waals surface area contributed by atoms with Crippen molar-refractivity contribution < 1.29 is 0 Å². The predicted octanol–water partition coefficient (Wildman–Crippen LogP) is 4.60. The monoisotopic (exact) mass is 321 g/mol. The third-order valence-electron chi connectivity index (χ3n) is 3.69. The molecule has 0 unspecified atom stereocenters. The van der Waals surface area contributed by atoms with E-state index in [0.29, 0.717) is 16.6 Å². The van der Waals surface area contributed by atoms with E-state index in [1.54, 1.807) is 6.07 Å². The Labute approximate surface area is 134 Å². The number of hydrogen-bond donors (Lipinski definition) is 1. The summed E-state index contributed by atoms with van der Waals surface area (Å²) in [6, 6.07) is 9.78. The summed E-state index contributed by atoms with van der Waals surface area (Å²) >= 11 is 12.2. The van der Waals surface area contributed by atoms with Crippen molar-refractivity contribution >= 4 is 34.7 Å². The van der Waals surface area contributed by atoms with Crippen molar-refractivity contribution in [1.82, 2.24) is 4.98 Å². The van der Waals surface area contributed by atoms with Gasteiger partial charge < -0.3 is 10.2 Å². The van der Waals surface area contributed by atoms with Crippen LogP contribution >= 0.6 is 23.2 Å². The molecule has 3 nitrogen and oxygen atoms in total. The summed E-state index contributed by atoms with van der Waals surface area (Å²) in [7, 11) is 0. The number of hydrogen-bond acceptors (Lipinski definition) is 3. The van der Waals surface area contributed by atoms with Gasteiger partial charge in [0.25, 0.3) is 0 Å². The van der Waals surface area contributed by atoms with E-state index in [-0.39, 0.29) is 0 Å². The number of benzene rings is 1. The van der Waals surface area contributed by atoms with E-state index < -0.39 is 0 Å². The number of rotatable bonds is 4. The fourth-order valence-electron chi connectivity index (χ4n) is 2.51. The first-order valence-corrected chi connectivity index (χ1v) is 7.87. The molecule has 1 aliphatic heterocycles. The maximum Gasteiger partial charge on any atom is 0.128 e. The minimum absolute atomic E-state index is 0.582. The Balaban J connectivity index is 1.64. The molecule has 2 aromatic rings. The van der Waals surface area contributed by atoms with Crippen LogP contribution in [0.15, 0.2) is 36.5 Å². The molecule has 0 atom stereocenters. The molecule has 1 aliphatic rings. The summed E-state index contributed by atoms with van der Waals surface area (Å²) < 4.78 is 0. The van der Waals surface area contributed by atoms with E-state index >= 15 is 0 Å². The van der Waals surface area contributed by atoms with Crippen molar-refractivity contribution in [3.05, 3.63) is 52.1 Å². The standard InChI is InChI=1S/C16H17Cl2N3/c17-14-5-3-4-12(16(14)18)10-19-13-6-7-15(20-11-13)21-8-1-2-9-21/h3-7,11,19H,1-2,8-10H2. The maximum atomic E-state index is 6.18. The summed E-state index contributed by atoms with van der Waals surface area (Å²) in [5.74, 6) is 1.05. The highest BCUT2D eigenvalue weighted by molar-refractivity contribution is 6.42. The van der Waals surface area contributed by atoms with Gasteiger partial charge in [0.2, 0.25) is 0 Å². The molecule has 0 radical (unpaired) electrons. The van der Waals surface area contributed by atoms with Crippen molar-refractivity contribution in [3.63, 3.8) is 0 Å². The molecule has 2 heterocycles. The van der Waals surface area contributed by atoms with Crippen molar-refractivity contribution in [3.8, 4) is 0 Å². The number of aromatic nitrogens is 1. The average Bonchev–Trinajstić information content (AvgIpc) is 3.04. The Hall–Kier alpha value is -1.45. The van der Waals surface area contributed by atoms with Crippen LogP contribution in [0, 0.1) is 0 Å². The molecule has 0 aliphatic carbocycles. The SMILES string of the molecule is Clc1cccc(CNc2ccc(N3CCCC3)nc2)c1Cl. The minimum Gasteiger partial charge on any atom is -0.380 e. The zero-order valence-electron chi connectivity index (χ0n) is 11.6. The van der Waals surface area contributed by atoms with Crippen LogP contribution < -0.4 is 10.2 Å². The fourth-order valence-corrected chi connectivity index (χ4v) is 2.89. The van der Waals surface area contributed by atoms with Gasteiger partial charge in [0.1, 0.15) is 5.82 Å². The van der Waals surface area contributed by atoms with E-state index in [2.05, 4.69) is 27.3 Å². The largest absolute Gasteiger partial charge is 0.380 e. The molecule has 1 aromatic carbocycles. The second kappa shape index (κ2) is 6.54. The highest BCUT2D eigenvalue weighted by atomic mass is 35.5. The van der Waals surface area contributed by atoms with Crippen molar-refractivity contribution in [2.75, 3.05) is 23.3 Å². The lowest BCUT2D eigenvalue weighted by Gasteiger charge is -2.16. The zero-order chi connectivity index (χ0) is 14.7. The smallest absolute Gasteiger partial charge is 0.128 e. The van der Waals surface area contributed by atoms with Gasteiger partial charge >= 0.3 is 0 Å². The summed E-state index contributed by atoms with van der Waals surface area (Å²) in [5.41, 5.74) is 1.96. The molecule has 21 heavy (non-hydrogen) atoms. The normalized spacial score (nSPS) is 14.5. The molecule has 0 bridgehead atoms. The topological polar surface area (TPSA) is 28.2 Å². The Morgan fingerprint density at radius 1 is 1.10 bits per heavy atom. The van der Waals surface area contributed by atoms with Crippen LogP contribution in [0.4, 0.5) is 11.5 Å². The molecule has 1 fully saturated rings. The number of nitrogens with zero attached hydrogens (tertiary/aromatic N) is 2. The van der Waals surface area contributed by atoms with Gasteiger partial charge in [-0.15, -0.1) is 0 Å². The third kappa shape index (κ3) is 3.42. The molecule has 0 amide bonds. The van der Waals surface area contributed by atoms with Gasteiger partial charge in [-0.25, -0.2) is 4.98 Å². The summed E-state index contributed by atoms with van der Waals surface area (Å²) in [4.78, 5) is 6.83. The van der Waals surface area contributed by atoms with Gasteiger partial charge in [-0.2, -0.15) is 0 Å². The Kier molecular flexibility index (Phi) is 4.51. The second-order valence-corrected chi connectivity index (χ2v) is 5.95. The lowest BCUT2D eigenvalue weighted by molar-refractivity contribution is 0.937. The van der Waals surface area contributed by atoms with Crippen LogP contribution in [-0.4, -0.2) is 18.1 Å². The van der Waals surface area contributed by atoms with Crippen molar-refractivity contribution in [1.29, 1.82) is 0 Å². The highest BCUT2D eigenvalue weighted by Crippen LogP contribution is 2.26. The first kappa shape index (κ1) is 14.5. The van der Waals surface area contributed by atoms with Gasteiger partial charge in [0.15, 0.2) is 0 Å². The molecular weight excluding hydrogens is 305 g/mol. The highest BCUT2D eigenvalue weighted by Gasteiger charge is 2.13. The number of pyridine rings is 1. The minimum atomic E-state index is 0.582. The number of nitrogens with one attached hydrogen (secondary N) is 1. The molecule has 1 aromatic heterocycles. The van der Waals surface area contributed by atoms with Crippen LogP contribution in [0.25, 0.3) is 0 Å². The van der Waals surface area contributed by atoms with E-state index in [9.17, 15) is 0 Å². The van der Waals surface area contributed by atoms with E-state index in [1.807, 2.05) is 18.3 Å². The lowest BCUT2D eigenvalue weighted by Crippen LogP contribution is -2.18. The maximum absolute atomic E-state index is 6.18. The Bertz CT molecular complexity index is 607. The second-order valence-electron chi connectivity index (χ2n) is 5.17. The van der Waals surface area contributed by atoms with Crippen LogP contribution in [0.1, 0.15) is 18.4 Å². The average molecular weight is 322 g/mol. The number of halogens is 2. The summed E-state index contributed by atoms with van der Waals surface area (Å²) in [6.07, 6.45) is 4.38.